The number of rotatable bonds is 8. The Hall–Kier alpha value is -1.40. The van der Waals surface area contributed by atoms with Crippen LogP contribution in [0.15, 0.2) is 48.2 Å². The van der Waals surface area contributed by atoms with Gasteiger partial charge in [-0.2, -0.15) is 0 Å². The molecule has 0 spiro atoms. The van der Waals surface area contributed by atoms with Crippen LogP contribution in [0.5, 0.6) is 0 Å². The Kier molecular flexibility index (Phi) is 10.3. The molecule has 286 valence electrons. The van der Waals surface area contributed by atoms with Crippen LogP contribution in [0, 0.1) is 47.3 Å². The minimum atomic E-state index is 0.0649. The largest absolute Gasteiger partial charge is 0.644 e. The number of allylic oxidation sites excluding steroid dienone is 5. The summed E-state index contributed by atoms with van der Waals surface area (Å²) in [4.78, 5) is 6.33. The Balaban J connectivity index is 0.866. The van der Waals surface area contributed by atoms with Gasteiger partial charge in [-0.3, -0.25) is 4.90 Å². The molecule has 5 heteroatoms. The lowest BCUT2D eigenvalue weighted by atomic mass is 9.60. The van der Waals surface area contributed by atoms with E-state index in [1.807, 2.05) is 5.70 Å². The second-order valence-electron chi connectivity index (χ2n) is 19.8. The zero-order valence-electron chi connectivity index (χ0n) is 32.5. The molecule has 0 radical (unpaired) electrons. The van der Waals surface area contributed by atoms with Crippen LogP contribution in [-0.2, 0) is 0 Å². The van der Waals surface area contributed by atoms with E-state index in [1.165, 1.54) is 148 Å². The molecule has 0 aromatic rings. The molecule has 6 fully saturated rings. The van der Waals surface area contributed by atoms with E-state index in [1.54, 1.807) is 0 Å². The van der Waals surface area contributed by atoms with Crippen molar-refractivity contribution in [1.29, 1.82) is 0 Å². The maximum Gasteiger partial charge on any atom is 0.0562 e. The Morgan fingerprint density at radius 2 is 1.54 bits per heavy atom. The van der Waals surface area contributed by atoms with Gasteiger partial charge in [0.1, 0.15) is 0 Å². The van der Waals surface area contributed by atoms with Gasteiger partial charge in [0, 0.05) is 41.8 Å². The monoisotopic (exact) mass is 707 g/mol. The first kappa shape index (κ1) is 35.0. The lowest BCUT2D eigenvalue weighted by molar-refractivity contribution is 0.0641. The van der Waals surface area contributed by atoms with Crippen LogP contribution in [0.1, 0.15) is 148 Å². The van der Waals surface area contributed by atoms with Crippen molar-refractivity contribution in [2.75, 3.05) is 0 Å². The molecule has 2 aliphatic heterocycles. The molecule has 0 aromatic carbocycles. The van der Waals surface area contributed by atoms with Crippen molar-refractivity contribution in [2.24, 2.45) is 53.1 Å². The summed E-state index contributed by atoms with van der Waals surface area (Å²) in [5, 5.41) is 9.50. The molecule has 4 saturated carbocycles. The van der Waals surface area contributed by atoms with Gasteiger partial charge in [-0.15, -0.1) is 6.04 Å². The van der Waals surface area contributed by atoms with Crippen molar-refractivity contribution < 1.29 is 0 Å². The van der Waals surface area contributed by atoms with Crippen molar-refractivity contribution in [3.63, 3.8) is 0 Å². The predicted octanol–water partition coefficient (Wildman–Crippen LogP) is 9.97. The first-order valence-corrected chi connectivity index (χ1v) is 23.2. The smallest absolute Gasteiger partial charge is 0.0562 e. The molecule has 13 atom stereocenters. The average Bonchev–Trinajstić information content (AvgIpc) is 3.89. The highest BCUT2D eigenvalue weighted by molar-refractivity contribution is 5.30. The van der Waals surface area contributed by atoms with Gasteiger partial charge in [-0.1, -0.05) is 81.1 Å². The number of nitrogens with zero attached hydrogens (tertiary/aromatic N) is 3. The molecule has 12 unspecified atom stereocenters. The van der Waals surface area contributed by atoms with Crippen molar-refractivity contribution in [1.82, 2.24) is 15.1 Å². The summed E-state index contributed by atoms with van der Waals surface area (Å²) < 4.78 is 0. The maximum atomic E-state index is 7.17. The second-order valence-corrected chi connectivity index (χ2v) is 19.8. The van der Waals surface area contributed by atoms with Crippen LogP contribution >= 0.6 is 0 Å². The van der Waals surface area contributed by atoms with Gasteiger partial charge in [0.25, 0.3) is 0 Å². The fourth-order valence-corrected chi connectivity index (χ4v) is 15.0. The molecule has 5 nitrogen and oxygen atoms in total. The molecule has 10 aliphatic rings. The summed E-state index contributed by atoms with van der Waals surface area (Å²) in [6, 6.07) is 4.31. The van der Waals surface area contributed by atoms with Crippen LogP contribution in [-0.4, -0.2) is 58.4 Å². The fourth-order valence-electron chi connectivity index (χ4n) is 15.0. The van der Waals surface area contributed by atoms with Gasteiger partial charge in [0.15, 0.2) is 0 Å². The fraction of sp³-hybridized carbons (Fsp3) is 0.830. The molecule has 0 aromatic heterocycles. The van der Waals surface area contributed by atoms with Crippen molar-refractivity contribution >= 4 is 0 Å². The van der Waals surface area contributed by atoms with E-state index in [-0.39, 0.29) is 12.3 Å². The topological polar surface area (TPSA) is 58.6 Å². The van der Waals surface area contributed by atoms with Crippen LogP contribution < -0.4 is 11.1 Å². The Labute approximate surface area is 317 Å². The van der Waals surface area contributed by atoms with E-state index >= 15 is 0 Å². The molecule has 52 heavy (non-hydrogen) atoms. The third-order valence-corrected chi connectivity index (χ3v) is 17.3. The maximum absolute atomic E-state index is 7.17. The number of nitrogens with two attached hydrogens (primary N) is 1. The quantitative estimate of drug-likeness (QED) is 0.195. The van der Waals surface area contributed by atoms with Crippen molar-refractivity contribution in [2.45, 2.75) is 196 Å². The van der Waals surface area contributed by atoms with E-state index in [2.05, 4.69) is 57.6 Å². The van der Waals surface area contributed by atoms with Crippen LogP contribution in [0.25, 0.3) is 5.32 Å². The summed E-state index contributed by atoms with van der Waals surface area (Å²) in [6.45, 7) is 0. The van der Waals surface area contributed by atoms with Crippen LogP contribution in [0.2, 0.25) is 0 Å². The van der Waals surface area contributed by atoms with E-state index < -0.39 is 0 Å². The number of hydrogen-bond acceptors (Lipinski definition) is 4. The van der Waals surface area contributed by atoms with E-state index in [0.29, 0.717) is 23.9 Å². The van der Waals surface area contributed by atoms with Gasteiger partial charge in [0.05, 0.1) is 6.17 Å². The first-order chi connectivity index (χ1) is 25.7. The van der Waals surface area contributed by atoms with Gasteiger partial charge >= 0.3 is 0 Å². The SMILES string of the molecule is NC(NC([N-]C1CCCCC1)C1C=CCCC1)C1CCC(N2C3C=C4C(CC3C3CCC[C@H]32)C2C3CCC=CC3CCC2N4C2CC=CCC2)CC1. The number of hydrogen-bond donors (Lipinski definition) is 2. The van der Waals surface area contributed by atoms with Crippen molar-refractivity contribution in [3.05, 3.63) is 53.5 Å². The highest BCUT2D eigenvalue weighted by atomic mass is 15.3. The standard InChI is InChI=1S/C47H72N5/c48-46(50-47(33-14-4-1-5-15-33)49-34-16-6-2-7-17-34)32-23-26-36(27-24-32)51-41-22-12-21-38(41)39-29-40-44(30-43(39)51)52(35-18-8-3-9-19-35)42-28-25-31-13-10-11-20-37(31)45(40)42/h3-4,8,10,13-14,30-43,45-47,50H,1-2,5-7,9,11-12,15-29,48H2/q-1/t31?,32?,33?,35?,36?,37?,38?,39?,40?,41-,42?,43?,45?,46?,47?/m1/s1. The first-order valence-electron chi connectivity index (χ1n) is 23.2. The molecular weight excluding hydrogens is 635 g/mol. The molecule has 8 aliphatic carbocycles. The normalized spacial score (nSPS) is 45.8. The van der Waals surface area contributed by atoms with Crippen LogP contribution in [0.3, 0.4) is 0 Å². The third-order valence-electron chi connectivity index (χ3n) is 17.3. The second kappa shape index (κ2) is 15.3. The molecule has 10 rings (SSSR count). The molecule has 2 saturated heterocycles. The zero-order chi connectivity index (χ0) is 34.6. The van der Waals surface area contributed by atoms with Gasteiger partial charge in [0.2, 0.25) is 0 Å². The Morgan fingerprint density at radius 1 is 0.673 bits per heavy atom. The van der Waals surface area contributed by atoms with Gasteiger partial charge in [-0.05, 0) is 157 Å². The highest BCUT2D eigenvalue weighted by Crippen LogP contribution is 2.61. The summed E-state index contributed by atoms with van der Waals surface area (Å²) in [5.41, 5.74) is 9.02. The predicted molar refractivity (Wildman–Crippen MR) is 214 cm³/mol. The molecule has 3 N–H and O–H groups in total. The lowest BCUT2D eigenvalue weighted by Gasteiger charge is -2.48. The van der Waals surface area contributed by atoms with Gasteiger partial charge in [-0.25, -0.2) is 0 Å². The lowest BCUT2D eigenvalue weighted by Crippen LogP contribution is -2.54. The number of fused-ring (bicyclic) bond motifs is 8. The Morgan fingerprint density at radius 3 is 2.37 bits per heavy atom. The van der Waals surface area contributed by atoms with Gasteiger partial charge < -0.3 is 21.3 Å². The summed E-state index contributed by atoms with van der Waals surface area (Å²) in [5.74, 6) is 6.42. The molecule has 0 amide bonds. The molecular formula is C47H72N5-. The van der Waals surface area contributed by atoms with Crippen molar-refractivity contribution in [3.8, 4) is 0 Å². The minimum Gasteiger partial charge on any atom is -0.644 e. The Bertz CT molecular complexity index is 1350. The van der Waals surface area contributed by atoms with Crippen LogP contribution in [0.4, 0.5) is 0 Å². The van der Waals surface area contributed by atoms with E-state index in [0.717, 1.165) is 59.7 Å². The summed E-state index contributed by atoms with van der Waals surface area (Å²) in [7, 11) is 0. The summed E-state index contributed by atoms with van der Waals surface area (Å²) in [6.07, 6.45) is 49.4. The van der Waals surface area contributed by atoms with E-state index in [9.17, 15) is 0 Å². The average molecular weight is 707 g/mol. The highest BCUT2D eigenvalue weighted by Gasteiger charge is 2.60. The molecule has 0 bridgehead atoms. The minimum absolute atomic E-state index is 0.0649. The zero-order valence-corrected chi connectivity index (χ0v) is 32.5. The number of likely N-dealkylation sites (tertiary alicyclic amines) is 2. The summed E-state index contributed by atoms with van der Waals surface area (Å²) >= 11 is 0. The van der Waals surface area contributed by atoms with E-state index in [4.69, 9.17) is 11.1 Å². The third kappa shape index (κ3) is 6.46. The molecule has 2 heterocycles. The number of nitrogens with one attached hydrogen (secondary N) is 1.